The molecule has 194 valence electrons. The number of hydrogen-bond acceptors (Lipinski definition) is 2. The molecule has 3 aromatic carbocycles. The molecule has 0 radical (unpaired) electrons. The minimum absolute atomic E-state index is 0.269. The van der Waals surface area contributed by atoms with Crippen molar-refractivity contribution in [2.45, 2.75) is 57.7 Å². The molecular formula is C36H35N2O+. The van der Waals surface area contributed by atoms with Crippen molar-refractivity contribution < 1.29 is 14.5 Å². The normalized spacial score (nSPS) is 24.8. The maximum atomic E-state index is 10.1. The van der Waals surface area contributed by atoms with E-state index in [4.69, 9.17) is 8.53 Å². The lowest BCUT2D eigenvalue weighted by Gasteiger charge is -2.39. The van der Waals surface area contributed by atoms with Gasteiger partial charge in [-0.15, -0.1) is 0 Å². The Morgan fingerprint density at radius 1 is 0.923 bits per heavy atom. The van der Waals surface area contributed by atoms with Crippen molar-refractivity contribution in [3.8, 4) is 28.5 Å². The Kier molecular flexibility index (Phi) is 4.98. The number of furan rings is 1. The first-order valence-electron chi connectivity index (χ1n) is 16.2. The van der Waals surface area contributed by atoms with Crippen LogP contribution in [0.25, 0.3) is 44.3 Å². The number of nitriles is 1. The Balaban J connectivity index is 1.33. The molecule has 3 heteroatoms. The predicted molar refractivity (Wildman–Crippen MR) is 157 cm³/mol. The molecule has 2 aliphatic rings. The second kappa shape index (κ2) is 9.69. The molecule has 2 fully saturated rings. The number of benzene rings is 3. The second-order valence-electron chi connectivity index (χ2n) is 11.4. The van der Waals surface area contributed by atoms with Crippen molar-refractivity contribution in [1.29, 1.82) is 5.26 Å². The summed E-state index contributed by atoms with van der Waals surface area (Å²) in [7, 11) is 1.89. The summed E-state index contributed by atoms with van der Waals surface area (Å²) in [6.45, 7) is -2.22. The highest BCUT2D eigenvalue weighted by Crippen LogP contribution is 2.47. The van der Waals surface area contributed by atoms with Crippen LogP contribution in [-0.2, 0) is 7.05 Å². The lowest BCUT2D eigenvalue weighted by Crippen LogP contribution is -2.30. The highest BCUT2D eigenvalue weighted by molar-refractivity contribution is 6.13. The summed E-state index contributed by atoms with van der Waals surface area (Å²) in [5.41, 5.74) is 6.28. The summed E-state index contributed by atoms with van der Waals surface area (Å²) in [5, 5.41) is 11.9. The molecule has 0 saturated heterocycles. The first kappa shape index (κ1) is 20.1. The standard InChI is InChI=1S/C36H35N2O/c1-23-18-19-38(2)33(20-23)32-9-5-8-30-31-17-16-29(22-37)34(36(31)39-35(30)32)26-13-10-25(11-14-26)28-15-12-24-6-3-4-7-27(24)21-28/h5,8-11,13-14,16-20,24,27-28H,3-4,6-7,12,15,21H2,1-2H3/q+1/i1D3,28D. The van der Waals surface area contributed by atoms with Gasteiger partial charge in [-0.2, -0.15) is 5.26 Å². The second-order valence-corrected chi connectivity index (χ2v) is 11.4. The fourth-order valence-electron chi connectivity index (χ4n) is 7.13. The number of rotatable bonds is 3. The molecule has 2 aliphatic carbocycles. The Labute approximate surface area is 236 Å². The molecule has 2 aromatic heterocycles. The summed E-state index contributed by atoms with van der Waals surface area (Å²) in [6, 6.07) is 23.6. The first-order valence-corrected chi connectivity index (χ1v) is 14.2. The van der Waals surface area contributed by atoms with Gasteiger partial charge in [0.15, 0.2) is 6.20 Å². The third-order valence-electron chi connectivity index (χ3n) is 9.19. The molecule has 3 nitrogen and oxygen atoms in total. The summed E-state index contributed by atoms with van der Waals surface area (Å²) < 4.78 is 41.7. The van der Waals surface area contributed by atoms with Gasteiger partial charge in [0.1, 0.15) is 18.2 Å². The van der Waals surface area contributed by atoms with Crippen LogP contribution in [0.1, 0.15) is 73.0 Å². The summed E-state index contributed by atoms with van der Waals surface area (Å²) >= 11 is 0. The highest BCUT2D eigenvalue weighted by Gasteiger charge is 2.32. The average Bonchev–Trinajstić information content (AvgIpc) is 3.39. The number of fused-ring (bicyclic) bond motifs is 4. The van der Waals surface area contributed by atoms with E-state index in [1.807, 2.05) is 54.1 Å². The maximum absolute atomic E-state index is 10.1. The summed E-state index contributed by atoms with van der Waals surface area (Å²) in [6.07, 6.45) is 9.94. The molecule has 7 rings (SSSR count). The fraction of sp³-hybridized carbons (Fsp3) is 0.333. The van der Waals surface area contributed by atoms with E-state index < -0.39 is 12.7 Å². The lowest BCUT2D eigenvalue weighted by molar-refractivity contribution is -0.660. The minimum atomic E-state index is -2.22. The molecule has 0 spiro atoms. The molecule has 2 saturated carbocycles. The molecular weight excluding hydrogens is 476 g/mol. The van der Waals surface area contributed by atoms with Crippen LogP contribution in [0.4, 0.5) is 0 Å². The van der Waals surface area contributed by atoms with E-state index in [-0.39, 0.29) is 5.56 Å². The third-order valence-corrected chi connectivity index (χ3v) is 9.19. The van der Waals surface area contributed by atoms with Crippen LogP contribution in [0.2, 0.25) is 0 Å². The van der Waals surface area contributed by atoms with Crippen molar-refractivity contribution in [3.05, 3.63) is 89.6 Å². The average molecular weight is 516 g/mol. The van der Waals surface area contributed by atoms with Crippen LogP contribution in [0, 0.1) is 30.0 Å². The molecule has 0 aliphatic heterocycles. The fourth-order valence-corrected chi connectivity index (χ4v) is 7.13. The van der Waals surface area contributed by atoms with Gasteiger partial charge in [-0.05, 0) is 78.7 Å². The molecule has 39 heavy (non-hydrogen) atoms. The van der Waals surface area contributed by atoms with Crippen LogP contribution < -0.4 is 4.57 Å². The van der Waals surface area contributed by atoms with Gasteiger partial charge < -0.3 is 4.42 Å². The van der Waals surface area contributed by atoms with Gasteiger partial charge in [0.25, 0.3) is 0 Å². The van der Waals surface area contributed by atoms with Crippen molar-refractivity contribution in [1.82, 2.24) is 0 Å². The van der Waals surface area contributed by atoms with E-state index >= 15 is 0 Å². The number of pyridine rings is 1. The van der Waals surface area contributed by atoms with Crippen molar-refractivity contribution in [3.63, 3.8) is 0 Å². The summed E-state index contributed by atoms with van der Waals surface area (Å²) in [5.74, 6) is 0.887. The number of hydrogen-bond donors (Lipinski definition) is 0. The van der Waals surface area contributed by atoms with Crippen molar-refractivity contribution in [2.24, 2.45) is 18.9 Å². The van der Waals surface area contributed by atoms with Crippen LogP contribution in [0.3, 0.4) is 0 Å². The van der Waals surface area contributed by atoms with Gasteiger partial charge in [-0.3, -0.25) is 0 Å². The SMILES string of the molecule is [2H]C([2H])([2H])c1cc[n+](C)c(-c2cccc3c2oc2c(-c4ccc(C5([2H])CCC6CCCCC6C5)cc4)c(C#N)ccc23)c1. The first-order chi connectivity index (χ1) is 20.7. The Hall–Kier alpha value is -3.90. The van der Waals surface area contributed by atoms with Crippen LogP contribution in [0.5, 0.6) is 0 Å². The van der Waals surface area contributed by atoms with Crippen molar-refractivity contribution >= 4 is 21.9 Å². The van der Waals surface area contributed by atoms with E-state index in [1.54, 1.807) is 18.3 Å². The lowest BCUT2D eigenvalue weighted by atomic mass is 9.66. The Morgan fingerprint density at radius 2 is 1.74 bits per heavy atom. The zero-order valence-corrected chi connectivity index (χ0v) is 22.3. The molecule has 3 atom stereocenters. The highest BCUT2D eigenvalue weighted by atomic mass is 16.3. The van der Waals surface area contributed by atoms with E-state index in [2.05, 4.69) is 18.2 Å². The van der Waals surface area contributed by atoms with Gasteiger partial charge in [-0.1, -0.05) is 62.1 Å². The van der Waals surface area contributed by atoms with E-state index in [0.717, 1.165) is 63.9 Å². The molecule has 0 N–H and O–H groups in total. The van der Waals surface area contributed by atoms with Crippen LogP contribution in [0.15, 0.2) is 77.3 Å². The van der Waals surface area contributed by atoms with Crippen LogP contribution >= 0.6 is 0 Å². The minimum Gasteiger partial charge on any atom is -0.454 e. The van der Waals surface area contributed by atoms with E-state index in [9.17, 15) is 6.63 Å². The largest absolute Gasteiger partial charge is 0.454 e. The monoisotopic (exact) mass is 515 g/mol. The zero-order valence-electron chi connectivity index (χ0n) is 26.3. The zero-order chi connectivity index (χ0) is 29.9. The number of aryl methyl sites for hydroxylation is 2. The predicted octanol–water partition coefficient (Wildman–Crippen LogP) is 9.00. The quantitative estimate of drug-likeness (QED) is 0.225. The molecule has 2 heterocycles. The smallest absolute Gasteiger partial charge is 0.216 e. The Bertz CT molecular complexity index is 1900. The summed E-state index contributed by atoms with van der Waals surface area (Å²) in [4.78, 5) is 0. The molecule has 0 bridgehead atoms. The van der Waals surface area contributed by atoms with Gasteiger partial charge in [0.2, 0.25) is 5.69 Å². The van der Waals surface area contributed by atoms with Gasteiger partial charge in [0, 0.05) is 34.0 Å². The van der Waals surface area contributed by atoms with E-state index in [0.29, 0.717) is 22.6 Å². The van der Waals surface area contributed by atoms with Gasteiger partial charge in [0.05, 0.1) is 17.2 Å². The Morgan fingerprint density at radius 3 is 2.56 bits per heavy atom. The number of nitrogens with zero attached hydrogens (tertiary/aromatic N) is 2. The number of para-hydroxylation sites is 1. The van der Waals surface area contributed by atoms with Crippen molar-refractivity contribution in [2.75, 3.05) is 0 Å². The van der Waals surface area contributed by atoms with Crippen LogP contribution in [-0.4, -0.2) is 0 Å². The van der Waals surface area contributed by atoms with E-state index in [1.165, 1.54) is 25.7 Å². The van der Waals surface area contributed by atoms with Gasteiger partial charge in [-0.25, -0.2) is 4.57 Å². The number of aromatic nitrogens is 1. The molecule has 5 aromatic rings. The maximum Gasteiger partial charge on any atom is 0.216 e. The van der Waals surface area contributed by atoms with Gasteiger partial charge >= 0.3 is 0 Å². The third kappa shape index (κ3) is 4.14. The topological polar surface area (TPSA) is 40.8 Å². The molecule has 0 amide bonds. The molecule has 3 unspecified atom stereocenters.